The normalized spacial score (nSPS) is 13.2. The van der Waals surface area contributed by atoms with E-state index >= 15 is 0 Å². The second-order valence-electron chi connectivity index (χ2n) is 7.10. The van der Waals surface area contributed by atoms with Crippen LogP contribution in [-0.4, -0.2) is 21.6 Å². The van der Waals surface area contributed by atoms with Crippen molar-refractivity contribution in [2.75, 3.05) is 0 Å². The average Bonchev–Trinajstić information content (AvgIpc) is 3.19. The van der Waals surface area contributed by atoms with Gasteiger partial charge in [-0.15, -0.1) is 0 Å². The summed E-state index contributed by atoms with van der Waals surface area (Å²) in [5, 5.41) is 0. The number of amides is 1. The van der Waals surface area contributed by atoms with Crippen molar-refractivity contribution in [1.29, 1.82) is 0 Å². The molecule has 1 heterocycles. The Hall–Kier alpha value is -2.92. The van der Waals surface area contributed by atoms with E-state index in [0.29, 0.717) is 6.61 Å². The highest BCUT2D eigenvalue weighted by Crippen LogP contribution is 2.24. The summed E-state index contributed by atoms with van der Waals surface area (Å²) in [6, 6.07) is 18.6. The summed E-state index contributed by atoms with van der Waals surface area (Å²) in [6.07, 6.45) is 5.12. The monoisotopic (exact) mass is 377 g/mol. The number of nitrogens with two attached hydrogens (primary N) is 1. The molecule has 0 aliphatic carbocycles. The van der Waals surface area contributed by atoms with Gasteiger partial charge in [-0.2, -0.15) is 0 Å². The summed E-state index contributed by atoms with van der Waals surface area (Å²) in [7, 11) is 0. The summed E-state index contributed by atoms with van der Waals surface area (Å²) in [4.78, 5) is 15.6. The van der Waals surface area contributed by atoms with Gasteiger partial charge < -0.3 is 15.0 Å². The summed E-state index contributed by atoms with van der Waals surface area (Å²) in [6.45, 7) is 4.73. The van der Waals surface area contributed by atoms with Gasteiger partial charge in [-0.1, -0.05) is 54.6 Å². The van der Waals surface area contributed by atoms with Crippen molar-refractivity contribution in [2.45, 2.75) is 45.4 Å². The maximum Gasteiger partial charge on any atom is 0.268 e. The molecule has 2 atom stereocenters. The molecule has 0 aliphatic heterocycles. The minimum Gasteiger partial charge on any atom is -0.372 e. The number of aromatic nitrogens is 2. The molecule has 5 nitrogen and oxygen atoms in total. The molecular formula is C23H27N3O2. The molecule has 2 aromatic carbocycles. The predicted octanol–water partition coefficient (Wildman–Crippen LogP) is 4.07. The molecule has 3 rings (SSSR count). The molecule has 0 unspecified atom stereocenters. The number of rotatable bonds is 9. The van der Waals surface area contributed by atoms with Crippen molar-refractivity contribution in [3.8, 4) is 0 Å². The highest BCUT2D eigenvalue weighted by Gasteiger charge is 2.21. The number of primary amides is 1. The van der Waals surface area contributed by atoms with Crippen LogP contribution in [0.25, 0.3) is 0 Å². The van der Waals surface area contributed by atoms with Crippen LogP contribution in [0.5, 0.6) is 0 Å². The number of imidazole rings is 1. The van der Waals surface area contributed by atoms with E-state index in [1.54, 1.807) is 12.5 Å². The lowest BCUT2D eigenvalue weighted by Crippen LogP contribution is -2.24. The van der Waals surface area contributed by atoms with Crippen LogP contribution in [0.3, 0.4) is 0 Å². The van der Waals surface area contributed by atoms with Gasteiger partial charge in [0.25, 0.3) is 5.91 Å². The summed E-state index contributed by atoms with van der Waals surface area (Å²) in [5.41, 5.74) is 9.38. The molecule has 146 valence electrons. The molecule has 1 amide bonds. The van der Waals surface area contributed by atoms with Gasteiger partial charge in [0.15, 0.2) is 0 Å². The fraction of sp³-hybridized carbons (Fsp3) is 0.304. The molecule has 0 saturated heterocycles. The number of nitrogens with zero attached hydrogens (tertiary/aromatic N) is 2. The Morgan fingerprint density at radius 2 is 1.86 bits per heavy atom. The highest BCUT2D eigenvalue weighted by molar-refractivity contribution is 5.90. The van der Waals surface area contributed by atoms with Crippen LogP contribution in [-0.2, 0) is 17.8 Å². The molecule has 0 radical (unpaired) electrons. The number of aryl methyl sites for hydroxylation is 2. The third kappa shape index (κ3) is 5.08. The quantitative estimate of drug-likeness (QED) is 0.611. The van der Waals surface area contributed by atoms with E-state index in [1.165, 1.54) is 11.1 Å². The number of hydrogen-bond acceptors (Lipinski definition) is 3. The lowest BCUT2D eigenvalue weighted by atomic mass is 9.98. The van der Waals surface area contributed by atoms with Crippen molar-refractivity contribution >= 4 is 5.91 Å². The highest BCUT2D eigenvalue weighted by atomic mass is 16.5. The zero-order valence-electron chi connectivity index (χ0n) is 16.4. The number of benzene rings is 2. The van der Waals surface area contributed by atoms with Crippen LogP contribution in [0.4, 0.5) is 0 Å². The van der Waals surface area contributed by atoms with Crippen molar-refractivity contribution in [1.82, 2.24) is 9.55 Å². The summed E-state index contributed by atoms with van der Waals surface area (Å²) < 4.78 is 8.12. The van der Waals surface area contributed by atoms with Gasteiger partial charge in [-0.25, -0.2) is 4.98 Å². The van der Waals surface area contributed by atoms with Gasteiger partial charge in [0.2, 0.25) is 0 Å². The summed E-state index contributed by atoms with van der Waals surface area (Å²) >= 11 is 0. The van der Waals surface area contributed by atoms with Crippen LogP contribution in [0, 0.1) is 6.92 Å². The summed E-state index contributed by atoms with van der Waals surface area (Å²) in [5.74, 6) is -0.519. The largest absolute Gasteiger partial charge is 0.372 e. The lowest BCUT2D eigenvalue weighted by Gasteiger charge is -2.26. The minimum atomic E-state index is -0.519. The van der Waals surface area contributed by atoms with E-state index in [9.17, 15) is 4.79 Å². The first kappa shape index (κ1) is 19.8. The molecule has 0 aliphatic rings. The van der Waals surface area contributed by atoms with Crippen LogP contribution in [0.15, 0.2) is 67.1 Å². The third-order valence-electron chi connectivity index (χ3n) is 5.11. The zero-order chi connectivity index (χ0) is 19.9. The van der Waals surface area contributed by atoms with Crippen LogP contribution < -0.4 is 5.73 Å². The Morgan fingerprint density at radius 1 is 1.14 bits per heavy atom. The Balaban J connectivity index is 1.74. The SMILES string of the molecule is Cc1ccccc1CC[C@H]([C@H](C)OCc1ccccc1)n1cnc(C(N)=O)c1. The number of ether oxygens (including phenoxy) is 1. The van der Waals surface area contributed by atoms with E-state index in [4.69, 9.17) is 10.5 Å². The third-order valence-corrected chi connectivity index (χ3v) is 5.11. The van der Waals surface area contributed by atoms with Gasteiger partial charge >= 0.3 is 0 Å². The molecule has 5 heteroatoms. The van der Waals surface area contributed by atoms with E-state index in [0.717, 1.165) is 18.4 Å². The standard InChI is InChI=1S/C23H27N3O2/c1-17-8-6-7-11-20(17)12-13-22(26-14-21(23(24)27)25-16-26)18(2)28-15-19-9-4-3-5-10-19/h3-11,14,16,18,22H,12-13,15H2,1-2H3,(H2,24,27)/t18-,22+/m0/s1. The fourth-order valence-corrected chi connectivity index (χ4v) is 3.38. The van der Waals surface area contributed by atoms with E-state index < -0.39 is 5.91 Å². The average molecular weight is 377 g/mol. The predicted molar refractivity (Wildman–Crippen MR) is 110 cm³/mol. The Morgan fingerprint density at radius 3 is 2.54 bits per heavy atom. The molecule has 0 saturated carbocycles. The second-order valence-corrected chi connectivity index (χ2v) is 7.10. The Labute approximate surface area is 166 Å². The van der Waals surface area contributed by atoms with Gasteiger partial charge in [-0.05, 0) is 43.4 Å². The maximum absolute atomic E-state index is 11.5. The fourth-order valence-electron chi connectivity index (χ4n) is 3.38. The van der Waals surface area contributed by atoms with Crippen LogP contribution >= 0.6 is 0 Å². The van der Waals surface area contributed by atoms with Crippen molar-refractivity contribution in [3.63, 3.8) is 0 Å². The molecule has 0 bridgehead atoms. The van der Waals surface area contributed by atoms with Gasteiger partial charge in [0.1, 0.15) is 5.69 Å². The first-order valence-electron chi connectivity index (χ1n) is 9.58. The molecular weight excluding hydrogens is 350 g/mol. The molecule has 2 N–H and O–H groups in total. The topological polar surface area (TPSA) is 70.1 Å². The molecule has 0 fully saturated rings. The first-order chi connectivity index (χ1) is 13.5. The van der Waals surface area contributed by atoms with E-state index in [-0.39, 0.29) is 17.8 Å². The molecule has 28 heavy (non-hydrogen) atoms. The second kappa shape index (κ2) is 9.33. The van der Waals surface area contributed by atoms with Crippen molar-refractivity contribution < 1.29 is 9.53 Å². The lowest BCUT2D eigenvalue weighted by molar-refractivity contribution is 0.0148. The van der Waals surface area contributed by atoms with Crippen molar-refractivity contribution in [2.24, 2.45) is 5.73 Å². The number of carbonyl (C=O) groups is 1. The van der Waals surface area contributed by atoms with Gasteiger partial charge in [0.05, 0.1) is 25.1 Å². The zero-order valence-corrected chi connectivity index (χ0v) is 16.4. The molecule has 0 spiro atoms. The molecule has 3 aromatic rings. The molecule has 1 aromatic heterocycles. The Kier molecular flexibility index (Phi) is 6.61. The van der Waals surface area contributed by atoms with Gasteiger partial charge in [-0.3, -0.25) is 4.79 Å². The van der Waals surface area contributed by atoms with E-state index in [2.05, 4.69) is 55.2 Å². The van der Waals surface area contributed by atoms with Crippen LogP contribution in [0.2, 0.25) is 0 Å². The minimum absolute atomic E-state index is 0.0453. The maximum atomic E-state index is 11.5. The van der Waals surface area contributed by atoms with E-state index in [1.807, 2.05) is 22.8 Å². The van der Waals surface area contributed by atoms with Crippen molar-refractivity contribution in [3.05, 3.63) is 89.5 Å². The smallest absolute Gasteiger partial charge is 0.268 e. The van der Waals surface area contributed by atoms with Crippen LogP contribution in [0.1, 0.15) is 46.6 Å². The van der Waals surface area contributed by atoms with Gasteiger partial charge in [0, 0.05) is 6.20 Å². The number of carbonyl (C=O) groups excluding carboxylic acids is 1. The first-order valence-corrected chi connectivity index (χ1v) is 9.58. The Bertz CT molecular complexity index is 905. The number of hydrogen-bond donors (Lipinski definition) is 1.